The van der Waals surface area contributed by atoms with Gasteiger partial charge in [-0.3, -0.25) is 9.59 Å². The number of carbonyl (C=O) groups excluding carboxylic acids is 3. The van der Waals surface area contributed by atoms with Crippen molar-refractivity contribution < 1.29 is 19.1 Å². The highest BCUT2D eigenvalue weighted by Gasteiger charge is 2.30. The molecule has 1 aromatic carbocycles. The summed E-state index contributed by atoms with van der Waals surface area (Å²) in [5.74, 6) is -0.367. The number of fused-ring (bicyclic) bond motifs is 1. The molecule has 0 bridgehead atoms. The Bertz CT molecular complexity index is 717. The van der Waals surface area contributed by atoms with E-state index in [9.17, 15) is 14.4 Å². The lowest BCUT2D eigenvalue weighted by atomic mass is 10.1. The Hall–Kier alpha value is -2.61. The van der Waals surface area contributed by atoms with Gasteiger partial charge in [-0.25, -0.2) is 4.79 Å². The second-order valence-electron chi connectivity index (χ2n) is 7.06. The van der Waals surface area contributed by atoms with E-state index in [1.165, 1.54) is 4.90 Å². The van der Waals surface area contributed by atoms with Crippen molar-refractivity contribution in [2.45, 2.75) is 38.3 Å². The minimum Gasteiger partial charge on any atom is -0.376 e. The van der Waals surface area contributed by atoms with Gasteiger partial charge in [0.2, 0.25) is 11.8 Å². The Labute approximate surface area is 158 Å². The van der Waals surface area contributed by atoms with E-state index in [0.717, 1.165) is 19.4 Å². The molecule has 8 heteroatoms. The number of benzene rings is 1. The number of hydrogen-bond donors (Lipinski definition) is 2. The second-order valence-corrected chi connectivity index (χ2v) is 7.06. The van der Waals surface area contributed by atoms with E-state index in [2.05, 4.69) is 10.6 Å². The van der Waals surface area contributed by atoms with Crippen LogP contribution in [0.4, 0.5) is 16.2 Å². The number of likely N-dealkylation sites (N-methyl/N-ethyl adjacent to an activating group) is 1. The highest BCUT2D eigenvalue weighted by atomic mass is 16.5. The first-order valence-electron chi connectivity index (χ1n) is 9.27. The minimum absolute atomic E-state index is 0.0487. The molecule has 2 heterocycles. The minimum atomic E-state index is -0.316. The Kier molecular flexibility index (Phi) is 5.95. The van der Waals surface area contributed by atoms with Gasteiger partial charge in [-0.1, -0.05) is 12.1 Å². The molecule has 0 spiro atoms. The van der Waals surface area contributed by atoms with Crippen molar-refractivity contribution in [3.05, 3.63) is 24.3 Å². The predicted molar refractivity (Wildman–Crippen MR) is 102 cm³/mol. The van der Waals surface area contributed by atoms with Crippen LogP contribution >= 0.6 is 0 Å². The van der Waals surface area contributed by atoms with Gasteiger partial charge >= 0.3 is 6.03 Å². The van der Waals surface area contributed by atoms with Gasteiger partial charge in [-0.15, -0.1) is 0 Å². The summed E-state index contributed by atoms with van der Waals surface area (Å²) in [6.45, 7) is 2.92. The lowest BCUT2D eigenvalue weighted by Crippen LogP contribution is -2.48. The smallest absolute Gasteiger partial charge is 0.317 e. The van der Waals surface area contributed by atoms with Crippen LogP contribution in [0, 0.1) is 0 Å². The summed E-state index contributed by atoms with van der Waals surface area (Å²) < 4.78 is 5.49. The standard InChI is InChI=1S/C19H26N4O4/c1-13-10-17(24)21-15-7-3-4-8-16(15)23(13)18(25)12-22(2)19(26)20-11-14-6-5-9-27-14/h3-4,7-8,13-14H,5-6,9-12H2,1-2H3,(H,20,26)(H,21,24)/t13-,14+/m1/s1. The van der Waals surface area contributed by atoms with Gasteiger partial charge in [0.15, 0.2) is 0 Å². The molecule has 0 radical (unpaired) electrons. The Morgan fingerprint density at radius 3 is 2.89 bits per heavy atom. The molecular weight excluding hydrogens is 348 g/mol. The highest BCUT2D eigenvalue weighted by Crippen LogP contribution is 2.31. The molecule has 4 amide bonds. The fourth-order valence-electron chi connectivity index (χ4n) is 3.46. The molecule has 2 aliphatic rings. The molecule has 8 nitrogen and oxygen atoms in total. The fraction of sp³-hybridized carbons (Fsp3) is 0.526. The normalized spacial score (nSPS) is 21.9. The maximum atomic E-state index is 12.9. The number of urea groups is 1. The van der Waals surface area contributed by atoms with Crippen molar-refractivity contribution in [2.24, 2.45) is 0 Å². The zero-order valence-corrected chi connectivity index (χ0v) is 15.7. The SMILES string of the molecule is C[C@@H]1CC(=O)Nc2ccccc2N1C(=O)CN(C)C(=O)NC[C@@H]1CCCO1. The molecule has 0 aliphatic carbocycles. The molecule has 2 N–H and O–H groups in total. The van der Waals surface area contributed by atoms with Gasteiger partial charge in [0, 0.05) is 32.7 Å². The first kappa shape index (κ1) is 19.2. The number of hydrogen-bond acceptors (Lipinski definition) is 4. The molecule has 27 heavy (non-hydrogen) atoms. The Balaban J connectivity index is 1.65. The highest BCUT2D eigenvalue weighted by molar-refractivity contribution is 6.05. The van der Waals surface area contributed by atoms with Crippen molar-refractivity contribution in [3.8, 4) is 0 Å². The number of nitrogens with one attached hydrogen (secondary N) is 2. The summed E-state index contributed by atoms with van der Waals surface area (Å²) in [6, 6.07) is 6.58. The van der Waals surface area contributed by atoms with Gasteiger partial charge in [-0.2, -0.15) is 0 Å². The zero-order valence-electron chi connectivity index (χ0n) is 15.7. The average molecular weight is 374 g/mol. The van der Waals surface area contributed by atoms with Gasteiger partial charge in [0.1, 0.15) is 6.54 Å². The third kappa shape index (κ3) is 4.57. The summed E-state index contributed by atoms with van der Waals surface area (Å²) in [7, 11) is 1.58. The van der Waals surface area contributed by atoms with Gasteiger partial charge in [0.25, 0.3) is 0 Å². The molecule has 2 atom stereocenters. The summed E-state index contributed by atoms with van der Waals surface area (Å²) in [5, 5.41) is 5.63. The molecule has 146 valence electrons. The molecule has 1 saturated heterocycles. The molecule has 1 aromatic rings. The molecule has 2 aliphatic heterocycles. The van der Waals surface area contributed by atoms with Gasteiger partial charge in [0.05, 0.1) is 17.5 Å². The number of amides is 4. The van der Waals surface area contributed by atoms with Crippen LogP contribution in [0.15, 0.2) is 24.3 Å². The van der Waals surface area contributed by atoms with Crippen molar-refractivity contribution in [3.63, 3.8) is 0 Å². The van der Waals surface area contributed by atoms with E-state index in [4.69, 9.17) is 4.74 Å². The fourth-order valence-corrected chi connectivity index (χ4v) is 3.46. The number of nitrogens with zero attached hydrogens (tertiary/aromatic N) is 2. The van der Waals surface area contributed by atoms with Crippen molar-refractivity contribution >= 4 is 29.2 Å². The summed E-state index contributed by atoms with van der Waals surface area (Å²) in [6.07, 6.45) is 2.20. The summed E-state index contributed by atoms with van der Waals surface area (Å²) in [4.78, 5) is 40.2. The van der Waals surface area contributed by atoms with E-state index in [1.807, 2.05) is 19.1 Å². The topological polar surface area (TPSA) is 91.0 Å². The molecule has 0 saturated carbocycles. The quantitative estimate of drug-likeness (QED) is 0.837. The number of rotatable bonds is 4. The largest absolute Gasteiger partial charge is 0.376 e. The van der Waals surface area contributed by atoms with Crippen LogP contribution in [-0.2, 0) is 14.3 Å². The molecule has 1 fully saturated rings. The van der Waals surface area contributed by atoms with Crippen LogP contribution in [0.3, 0.4) is 0 Å². The van der Waals surface area contributed by atoms with E-state index < -0.39 is 0 Å². The number of ether oxygens (including phenoxy) is 1. The summed E-state index contributed by atoms with van der Waals surface area (Å²) >= 11 is 0. The van der Waals surface area contributed by atoms with Crippen LogP contribution in [-0.4, -0.2) is 61.6 Å². The lowest BCUT2D eigenvalue weighted by Gasteiger charge is -2.30. The molecule has 0 unspecified atom stereocenters. The van der Waals surface area contributed by atoms with Crippen LogP contribution in [0.1, 0.15) is 26.2 Å². The van der Waals surface area contributed by atoms with Gasteiger partial charge in [-0.05, 0) is 31.9 Å². The molecule has 3 rings (SSSR count). The van der Waals surface area contributed by atoms with Crippen LogP contribution < -0.4 is 15.5 Å². The maximum absolute atomic E-state index is 12.9. The molecule has 0 aromatic heterocycles. The van der Waals surface area contributed by atoms with Crippen molar-refractivity contribution in [1.82, 2.24) is 10.2 Å². The first-order valence-corrected chi connectivity index (χ1v) is 9.27. The predicted octanol–water partition coefficient (Wildman–Crippen LogP) is 1.57. The van der Waals surface area contributed by atoms with E-state index in [1.54, 1.807) is 24.1 Å². The maximum Gasteiger partial charge on any atom is 0.317 e. The lowest BCUT2D eigenvalue weighted by molar-refractivity contribution is -0.119. The third-order valence-corrected chi connectivity index (χ3v) is 4.85. The second kappa shape index (κ2) is 8.39. The Morgan fingerprint density at radius 1 is 1.37 bits per heavy atom. The third-order valence-electron chi connectivity index (χ3n) is 4.85. The number of anilines is 2. The van der Waals surface area contributed by atoms with E-state index >= 15 is 0 Å². The van der Waals surface area contributed by atoms with E-state index in [0.29, 0.717) is 17.9 Å². The van der Waals surface area contributed by atoms with Crippen LogP contribution in [0.2, 0.25) is 0 Å². The van der Waals surface area contributed by atoms with Crippen LogP contribution in [0.25, 0.3) is 0 Å². The van der Waals surface area contributed by atoms with Crippen molar-refractivity contribution in [1.29, 1.82) is 0 Å². The monoisotopic (exact) mass is 374 g/mol. The Morgan fingerprint density at radius 2 is 2.15 bits per heavy atom. The van der Waals surface area contributed by atoms with E-state index in [-0.39, 0.29) is 43.0 Å². The summed E-state index contributed by atoms with van der Waals surface area (Å²) in [5.41, 5.74) is 1.25. The molecular formula is C19H26N4O4. The van der Waals surface area contributed by atoms with Crippen molar-refractivity contribution in [2.75, 3.05) is 37.0 Å². The number of para-hydroxylation sites is 2. The van der Waals surface area contributed by atoms with Crippen LogP contribution in [0.5, 0.6) is 0 Å². The average Bonchev–Trinajstić information content (AvgIpc) is 3.10. The number of carbonyl (C=O) groups is 3. The van der Waals surface area contributed by atoms with Gasteiger partial charge < -0.3 is 25.2 Å². The first-order chi connectivity index (χ1) is 13.0. The zero-order chi connectivity index (χ0) is 19.4.